The van der Waals surface area contributed by atoms with Gasteiger partial charge in [-0.25, -0.2) is 0 Å². The van der Waals surface area contributed by atoms with E-state index in [-0.39, 0.29) is 5.78 Å². The second-order valence-electron chi connectivity index (χ2n) is 10.1. The summed E-state index contributed by atoms with van der Waals surface area (Å²) >= 11 is 0. The Balaban J connectivity index is 3.56. The Labute approximate surface area is 195 Å². The van der Waals surface area contributed by atoms with Crippen LogP contribution in [0.25, 0.3) is 0 Å². The van der Waals surface area contributed by atoms with Gasteiger partial charge in [-0.15, -0.1) is 0 Å². The first-order valence-electron chi connectivity index (χ1n) is 13.2. The van der Waals surface area contributed by atoms with Crippen molar-refractivity contribution in [2.45, 2.75) is 129 Å². The lowest BCUT2D eigenvalue weighted by molar-refractivity contribution is -0.883. The molecule has 5 heteroatoms. The summed E-state index contributed by atoms with van der Waals surface area (Å²) in [4.78, 5) is 10.4. The predicted octanol–water partition coefficient (Wildman–Crippen LogP) is 8.45. The molecule has 0 aliphatic rings. The summed E-state index contributed by atoms with van der Waals surface area (Å²) in [5, 5.41) is 0. The SMILES string of the molecule is CCCCCCC=CCCCCCCCCCCCOP(=O)(O)C(CCC)[N+](C)(C)C. The van der Waals surface area contributed by atoms with Crippen molar-refractivity contribution in [1.82, 2.24) is 0 Å². The highest BCUT2D eigenvalue weighted by atomic mass is 31.2. The Morgan fingerprint density at radius 1 is 0.742 bits per heavy atom. The van der Waals surface area contributed by atoms with Crippen molar-refractivity contribution in [2.24, 2.45) is 0 Å². The lowest BCUT2D eigenvalue weighted by Gasteiger charge is -2.35. The fourth-order valence-corrected chi connectivity index (χ4v) is 6.08. The molecule has 0 amide bonds. The molecule has 1 N–H and O–H groups in total. The third-order valence-corrected chi connectivity index (χ3v) is 8.26. The minimum Gasteiger partial charge on any atom is -0.320 e. The molecule has 0 radical (unpaired) electrons. The third-order valence-electron chi connectivity index (χ3n) is 6.00. The van der Waals surface area contributed by atoms with Gasteiger partial charge in [-0.1, -0.05) is 90.2 Å². The molecule has 0 aromatic heterocycles. The van der Waals surface area contributed by atoms with Crippen LogP contribution in [0.2, 0.25) is 0 Å². The van der Waals surface area contributed by atoms with Gasteiger partial charge in [0.2, 0.25) is 0 Å². The summed E-state index contributed by atoms with van der Waals surface area (Å²) in [6.07, 6.45) is 25.4. The van der Waals surface area contributed by atoms with Crippen LogP contribution in [0, 0.1) is 0 Å². The zero-order valence-corrected chi connectivity index (χ0v) is 22.5. The van der Waals surface area contributed by atoms with Crippen LogP contribution in [-0.4, -0.2) is 42.9 Å². The van der Waals surface area contributed by atoms with Crippen molar-refractivity contribution < 1.29 is 18.5 Å². The first-order valence-corrected chi connectivity index (χ1v) is 14.8. The first-order chi connectivity index (χ1) is 14.8. The summed E-state index contributed by atoms with van der Waals surface area (Å²) in [6, 6.07) is 0. The number of allylic oxidation sites excluding steroid dienone is 2. The molecule has 0 fully saturated rings. The quantitative estimate of drug-likeness (QED) is 0.0763. The van der Waals surface area contributed by atoms with Gasteiger partial charge in [0.15, 0.2) is 5.78 Å². The number of hydrogen-bond acceptors (Lipinski definition) is 2. The van der Waals surface area contributed by atoms with Crippen molar-refractivity contribution in [2.75, 3.05) is 27.7 Å². The van der Waals surface area contributed by atoms with Gasteiger partial charge in [-0.3, -0.25) is 4.57 Å². The van der Waals surface area contributed by atoms with Crippen LogP contribution in [0.4, 0.5) is 0 Å². The maximum atomic E-state index is 12.6. The highest BCUT2D eigenvalue weighted by Crippen LogP contribution is 2.51. The fourth-order valence-electron chi connectivity index (χ4n) is 4.05. The minimum atomic E-state index is -3.56. The molecule has 0 saturated carbocycles. The Bertz CT molecular complexity index is 474. The lowest BCUT2D eigenvalue weighted by atomic mass is 10.1. The van der Waals surface area contributed by atoms with E-state index in [2.05, 4.69) is 26.0 Å². The highest BCUT2D eigenvalue weighted by Gasteiger charge is 2.41. The Morgan fingerprint density at radius 2 is 1.19 bits per heavy atom. The number of rotatable bonds is 22. The summed E-state index contributed by atoms with van der Waals surface area (Å²) in [6.45, 7) is 4.72. The molecule has 0 aliphatic heterocycles. The fraction of sp³-hybridized carbons (Fsp3) is 0.923. The van der Waals surface area contributed by atoms with Crippen LogP contribution in [0.3, 0.4) is 0 Å². The molecule has 0 aromatic rings. The Hall–Kier alpha value is -0.150. The molecule has 0 rings (SSSR count). The third kappa shape index (κ3) is 18.0. The molecule has 186 valence electrons. The second kappa shape index (κ2) is 19.3. The molecule has 4 nitrogen and oxygen atoms in total. The number of unbranched alkanes of at least 4 members (excludes halogenated alkanes) is 13. The Kier molecular flexibility index (Phi) is 19.2. The van der Waals surface area contributed by atoms with Gasteiger partial charge < -0.3 is 13.9 Å². The molecule has 2 atom stereocenters. The minimum absolute atomic E-state index is 0.334. The van der Waals surface area contributed by atoms with Crippen LogP contribution in [0.5, 0.6) is 0 Å². The van der Waals surface area contributed by atoms with Gasteiger partial charge in [-0.2, -0.15) is 0 Å². The van der Waals surface area contributed by atoms with Crippen LogP contribution >= 0.6 is 7.60 Å². The molecule has 2 unspecified atom stereocenters. The molecule has 0 saturated heterocycles. The average Bonchev–Trinajstić information content (AvgIpc) is 2.70. The van der Waals surface area contributed by atoms with Crippen LogP contribution in [-0.2, 0) is 9.09 Å². The van der Waals surface area contributed by atoms with E-state index in [4.69, 9.17) is 4.52 Å². The van der Waals surface area contributed by atoms with Gasteiger partial charge in [-0.05, 0) is 38.5 Å². The van der Waals surface area contributed by atoms with Gasteiger partial charge in [0, 0.05) is 6.42 Å². The van der Waals surface area contributed by atoms with E-state index < -0.39 is 7.60 Å². The smallest absolute Gasteiger partial charge is 0.320 e. The summed E-state index contributed by atoms with van der Waals surface area (Å²) < 4.78 is 18.6. The van der Waals surface area contributed by atoms with Crippen molar-refractivity contribution in [3.05, 3.63) is 12.2 Å². The molecule has 0 aromatic carbocycles. The molecule has 31 heavy (non-hydrogen) atoms. The summed E-state index contributed by atoms with van der Waals surface area (Å²) in [5.74, 6) is -0.334. The number of quaternary nitrogens is 1. The average molecular weight is 461 g/mol. The van der Waals surface area contributed by atoms with Gasteiger partial charge in [0.1, 0.15) is 0 Å². The molecule has 0 spiro atoms. The van der Waals surface area contributed by atoms with E-state index in [0.717, 1.165) is 19.3 Å². The normalized spacial score (nSPS) is 15.4. The standard InChI is InChI=1S/C26H54NO3P/c1-6-8-9-10-11-12-13-14-15-16-17-18-19-20-21-22-23-25-30-31(28,29)26(24-7-2)27(3,4)5/h12-13,26H,6-11,14-25H2,1-5H3/p+1. The predicted molar refractivity (Wildman–Crippen MR) is 137 cm³/mol. The van der Waals surface area contributed by atoms with E-state index in [1.54, 1.807) is 0 Å². The summed E-state index contributed by atoms with van der Waals surface area (Å²) in [7, 11) is 2.35. The zero-order chi connectivity index (χ0) is 23.4. The molecular formula is C26H55NO3P+. The van der Waals surface area contributed by atoms with Crippen molar-refractivity contribution in [1.29, 1.82) is 0 Å². The van der Waals surface area contributed by atoms with Crippen LogP contribution < -0.4 is 0 Å². The maximum absolute atomic E-state index is 12.6. The summed E-state index contributed by atoms with van der Waals surface area (Å²) in [5.41, 5.74) is 0. The Morgan fingerprint density at radius 3 is 1.65 bits per heavy atom. The van der Waals surface area contributed by atoms with Gasteiger partial charge >= 0.3 is 7.60 Å². The monoisotopic (exact) mass is 460 g/mol. The highest BCUT2D eigenvalue weighted by molar-refractivity contribution is 7.53. The molecule has 0 heterocycles. The van der Waals surface area contributed by atoms with E-state index in [1.807, 2.05) is 21.1 Å². The lowest BCUT2D eigenvalue weighted by Crippen LogP contribution is -2.45. The van der Waals surface area contributed by atoms with E-state index in [9.17, 15) is 9.46 Å². The largest absolute Gasteiger partial charge is 0.385 e. The van der Waals surface area contributed by atoms with Crippen molar-refractivity contribution >= 4 is 7.60 Å². The topological polar surface area (TPSA) is 46.5 Å². The van der Waals surface area contributed by atoms with Crippen molar-refractivity contribution in [3.63, 3.8) is 0 Å². The molecular weight excluding hydrogens is 405 g/mol. The van der Waals surface area contributed by atoms with Crippen LogP contribution in [0.15, 0.2) is 12.2 Å². The number of nitrogens with zero attached hydrogens (tertiary/aromatic N) is 1. The first kappa shape index (κ1) is 30.9. The second-order valence-corrected chi connectivity index (χ2v) is 12.1. The van der Waals surface area contributed by atoms with Gasteiger partial charge in [0.05, 0.1) is 27.7 Å². The van der Waals surface area contributed by atoms with Crippen LogP contribution in [0.1, 0.15) is 123 Å². The van der Waals surface area contributed by atoms with E-state index in [1.165, 1.54) is 83.5 Å². The number of hydrogen-bond donors (Lipinski definition) is 1. The molecule has 0 aliphatic carbocycles. The van der Waals surface area contributed by atoms with Crippen molar-refractivity contribution in [3.8, 4) is 0 Å². The van der Waals surface area contributed by atoms with E-state index >= 15 is 0 Å². The van der Waals surface area contributed by atoms with E-state index in [0.29, 0.717) is 17.5 Å². The molecule has 0 bridgehead atoms. The van der Waals surface area contributed by atoms with Gasteiger partial charge in [0.25, 0.3) is 0 Å². The zero-order valence-electron chi connectivity index (χ0n) is 21.6. The maximum Gasteiger partial charge on any atom is 0.385 e.